The zero-order valence-electron chi connectivity index (χ0n) is 17.3. The van der Waals surface area contributed by atoms with E-state index in [2.05, 4.69) is 12.7 Å². The predicted molar refractivity (Wildman–Crippen MR) is 119 cm³/mol. The van der Waals surface area contributed by atoms with Gasteiger partial charge >= 0.3 is 0 Å². The van der Waals surface area contributed by atoms with Crippen molar-refractivity contribution < 1.29 is 19.8 Å². The summed E-state index contributed by atoms with van der Waals surface area (Å²) in [5, 5.41) is 19.5. The minimum Gasteiger partial charge on any atom is -0.508 e. The molecule has 2 N–H and O–H groups in total. The molecule has 2 aromatic rings. The van der Waals surface area contributed by atoms with Crippen LogP contribution in [0.5, 0.6) is 11.5 Å². The third kappa shape index (κ3) is 4.77. The van der Waals surface area contributed by atoms with Crippen molar-refractivity contribution in [3.05, 3.63) is 89.0 Å². The molecule has 2 aliphatic rings. The van der Waals surface area contributed by atoms with Crippen LogP contribution in [-0.4, -0.2) is 33.5 Å². The fourth-order valence-electron chi connectivity index (χ4n) is 3.91. The van der Waals surface area contributed by atoms with Gasteiger partial charge in [0.25, 0.3) is 0 Å². The van der Waals surface area contributed by atoms with Gasteiger partial charge in [0.1, 0.15) is 11.5 Å². The van der Waals surface area contributed by atoms with Crippen molar-refractivity contribution in [2.24, 2.45) is 0 Å². The topological polar surface area (TPSA) is 77.8 Å². The van der Waals surface area contributed by atoms with Crippen molar-refractivity contribution >= 4 is 17.4 Å². The molecule has 1 saturated carbocycles. The number of hydrogen-bond acceptors (Lipinski definition) is 4. The third-order valence-corrected chi connectivity index (χ3v) is 5.70. The first-order valence-corrected chi connectivity index (χ1v) is 10.5. The maximum Gasteiger partial charge on any atom is 0.229 e. The number of imide groups is 1. The summed E-state index contributed by atoms with van der Waals surface area (Å²) >= 11 is 0. The van der Waals surface area contributed by atoms with Crippen LogP contribution in [0.4, 0.5) is 0 Å². The van der Waals surface area contributed by atoms with Crippen molar-refractivity contribution in [2.75, 3.05) is 6.54 Å². The Balaban J connectivity index is 1.72. The lowest BCUT2D eigenvalue weighted by Crippen LogP contribution is -2.30. The fraction of sp³-hybridized carbons (Fsp3) is 0.231. The van der Waals surface area contributed by atoms with Crippen LogP contribution < -0.4 is 0 Å². The van der Waals surface area contributed by atoms with Crippen molar-refractivity contribution in [2.45, 2.75) is 32.1 Å². The summed E-state index contributed by atoms with van der Waals surface area (Å²) in [7, 11) is 0. The van der Waals surface area contributed by atoms with Crippen LogP contribution in [0, 0.1) is 0 Å². The second-order valence-electron chi connectivity index (χ2n) is 7.99. The molecule has 1 aliphatic heterocycles. The summed E-state index contributed by atoms with van der Waals surface area (Å²) in [5.74, 6) is 0.189. The zero-order valence-corrected chi connectivity index (χ0v) is 17.3. The Hall–Kier alpha value is -3.60. The quantitative estimate of drug-likeness (QED) is 0.642. The average molecular weight is 415 g/mol. The highest BCUT2D eigenvalue weighted by atomic mass is 16.3. The van der Waals surface area contributed by atoms with Gasteiger partial charge in [-0.15, -0.1) is 0 Å². The Morgan fingerprint density at radius 3 is 1.84 bits per heavy atom. The number of carbonyl (C=O) groups excluding carboxylic acids is 2. The lowest BCUT2D eigenvalue weighted by molar-refractivity contribution is -0.138. The molecule has 0 spiro atoms. The van der Waals surface area contributed by atoms with Gasteiger partial charge in [-0.3, -0.25) is 14.5 Å². The van der Waals surface area contributed by atoms with Crippen LogP contribution in [0.2, 0.25) is 0 Å². The highest BCUT2D eigenvalue weighted by Gasteiger charge is 2.28. The largest absolute Gasteiger partial charge is 0.508 e. The van der Waals surface area contributed by atoms with E-state index in [-0.39, 0.29) is 23.3 Å². The molecule has 0 radical (unpaired) electrons. The molecule has 1 aliphatic carbocycles. The van der Waals surface area contributed by atoms with E-state index in [1.807, 2.05) is 24.3 Å². The molecule has 158 valence electrons. The number of aromatic hydroxyl groups is 2. The van der Waals surface area contributed by atoms with E-state index in [0.29, 0.717) is 32.2 Å². The lowest BCUT2D eigenvalue weighted by atomic mass is 9.90. The van der Waals surface area contributed by atoms with Gasteiger partial charge in [0.15, 0.2) is 0 Å². The predicted octanol–water partition coefficient (Wildman–Crippen LogP) is 4.72. The minimum absolute atomic E-state index is 0.0956. The van der Waals surface area contributed by atoms with Gasteiger partial charge in [-0.2, -0.15) is 0 Å². The van der Waals surface area contributed by atoms with Crippen LogP contribution in [0.25, 0.3) is 5.57 Å². The summed E-state index contributed by atoms with van der Waals surface area (Å²) in [4.78, 5) is 25.3. The first-order chi connectivity index (χ1) is 14.9. The second kappa shape index (κ2) is 8.64. The van der Waals surface area contributed by atoms with Gasteiger partial charge in [0, 0.05) is 19.4 Å². The van der Waals surface area contributed by atoms with E-state index in [9.17, 15) is 19.8 Å². The molecule has 0 atom stereocenters. The van der Waals surface area contributed by atoms with Crippen LogP contribution in [0.15, 0.2) is 77.9 Å². The molecule has 1 saturated heterocycles. The number of allylic oxidation sites excluding steroid dienone is 4. The highest BCUT2D eigenvalue weighted by molar-refractivity contribution is 6.01. The Morgan fingerprint density at radius 1 is 0.903 bits per heavy atom. The standard InChI is InChI=1S/C26H25NO4/c1-17-15-21(17)16-20(3-2-14-27-24(30)12-13-25(27)31)26(18-4-8-22(28)9-5-18)19-6-10-23(29)11-7-19/h4-11,16,28-29H,1-3,12-15H2/b21-16+. The number of nitrogens with zero attached hydrogens (tertiary/aromatic N) is 1. The smallest absolute Gasteiger partial charge is 0.229 e. The maximum atomic E-state index is 12.0. The zero-order chi connectivity index (χ0) is 22.0. The van der Waals surface area contributed by atoms with Gasteiger partial charge < -0.3 is 10.2 Å². The molecule has 1 heterocycles. The van der Waals surface area contributed by atoms with E-state index in [4.69, 9.17) is 0 Å². The lowest BCUT2D eigenvalue weighted by Gasteiger charge is -2.17. The second-order valence-corrected chi connectivity index (χ2v) is 7.99. The molecule has 0 aromatic heterocycles. The first kappa shape index (κ1) is 20.7. The Morgan fingerprint density at radius 2 is 1.39 bits per heavy atom. The van der Waals surface area contributed by atoms with Crippen LogP contribution in [0.1, 0.15) is 43.2 Å². The number of amides is 2. The molecule has 2 aromatic carbocycles. The maximum absolute atomic E-state index is 12.0. The molecule has 0 bridgehead atoms. The molecule has 4 rings (SSSR count). The van der Waals surface area contributed by atoms with Crippen molar-refractivity contribution in [1.29, 1.82) is 0 Å². The monoisotopic (exact) mass is 415 g/mol. The van der Waals surface area contributed by atoms with Crippen molar-refractivity contribution in [3.8, 4) is 11.5 Å². The molecule has 5 nitrogen and oxygen atoms in total. The number of hydrogen-bond donors (Lipinski definition) is 2. The van der Waals surface area contributed by atoms with E-state index in [0.717, 1.165) is 34.3 Å². The molecule has 5 heteroatoms. The normalized spacial score (nSPS) is 16.8. The summed E-state index contributed by atoms with van der Waals surface area (Å²) in [6.07, 6.45) is 4.96. The molecular formula is C26H25NO4. The molecule has 2 amide bonds. The number of carbonyl (C=O) groups is 2. The van der Waals surface area contributed by atoms with E-state index in [1.54, 1.807) is 24.3 Å². The SMILES string of the molecule is C=C1C/C1=C\C(CCCN1C(=O)CCC1=O)=C(c1ccc(O)cc1)c1ccc(O)cc1. The average Bonchev–Trinajstić information content (AvgIpc) is 3.36. The number of rotatable bonds is 7. The number of likely N-dealkylation sites (tertiary alicyclic amines) is 1. The van der Waals surface area contributed by atoms with E-state index < -0.39 is 0 Å². The minimum atomic E-state index is -0.0956. The first-order valence-electron chi connectivity index (χ1n) is 10.5. The van der Waals surface area contributed by atoms with Crippen LogP contribution in [-0.2, 0) is 9.59 Å². The van der Waals surface area contributed by atoms with Crippen LogP contribution >= 0.6 is 0 Å². The van der Waals surface area contributed by atoms with Gasteiger partial charge in [-0.05, 0) is 76.9 Å². The highest BCUT2D eigenvalue weighted by Crippen LogP contribution is 2.39. The molecular weight excluding hydrogens is 390 g/mol. The van der Waals surface area contributed by atoms with Crippen LogP contribution in [0.3, 0.4) is 0 Å². The number of phenols is 2. The number of benzene rings is 2. The summed E-state index contributed by atoms with van der Waals surface area (Å²) in [6.45, 7) is 4.44. The van der Waals surface area contributed by atoms with Gasteiger partial charge in [-0.25, -0.2) is 0 Å². The Bertz CT molecular complexity index is 1030. The fourth-order valence-corrected chi connectivity index (χ4v) is 3.91. The summed E-state index contributed by atoms with van der Waals surface area (Å²) < 4.78 is 0. The number of phenolic OH excluding ortho intramolecular Hbond substituents is 2. The summed E-state index contributed by atoms with van der Waals surface area (Å²) in [5.41, 5.74) is 6.25. The van der Waals surface area contributed by atoms with Crippen molar-refractivity contribution in [3.63, 3.8) is 0 Å². The van der Waals surface area contributed by atoms with Gasteiger partial charge in [0.2, 0.25) is 11.8 Å². The Labute approximate surface area is 181 Å². The molecule has 2 fully saturated rings. The van der Waals surface area contributed by atoms with E-state index >= 15 is 0 Å². The van der Waals surface area contributed by atoms with E-state index in [1.165, 1.54) is 10.5 Å². The van der Waals surface area contributed by atoms with Crippen molar-refractivity contribution in [1.82, 2.24) is 4.90 Å². The summed E-state index contributed by atoms with van der Waals surface area (Å²) in [6, 6.07) is 14.1. The van der Waals surface area contributed by atoms with Gasteiger partial charge in [-0.1, -0.05) is 36.9 Å². The van der Waals surface area contributed by atoms with Gasteiger partial charge in [0.05, 0.1) is 0 Å². The Kier molecular flexibility index (Phi) is 5.76. The molecule has 0 unspecified atom stereocenters. The third-order valence-electron chi connectivity index (χ3n) is 5.70. The molecule has 31 heavy (non-hydrogen) atoms.